The van der Waals surface area contributed by atoms with Gasteiger partial charge in [-0.3, -0.25) is 14.6 Å². The van der Waals surface area contributed by atoms with Gasteiger partial charge < -0.3 is 10.2 Å². The van der Waals surface area contributed by atoms with Crippen LogP contribution in [-0.2, 0) is 17.8 Å². The second-order valence-electron chi connectivity index (χ2n) is 6.51. The molecular formula is C22H19N3O2S. The van der Waals surface area contributed by atoms with Crippen LogP contribution in [0.15, 0.2) is 66.2 Å². The molecule has 0 unspecified atom stereocenters. The normalized spacial score (nSPS) is 13.4. The van der Waals surface area contributed by atoms with Gasteiger partial charge in [-0.2, -0.15) is 0 Å². The summed E-state index contributed by atoms with van der Waals surface area (Å²) in [6.45, 7) is 1.23. The Morgan fingerprint density at radius 3 is 2.82 bits per heavy atom. The molecule has 1 aromatic carbocycles. The minimum Gasteiger partial charge on any atom is -0.334 e. The number of carbonyl (C=O) groups is 2. The minimum atomic E-state index is -0.247. The van der Waals surface area contributed by atoms with E-state index >= 15 is 0 Å². The Labute approximate surface area is 167 Å². The molecule has 0 saturated carbocycles. The first-order valence-corrected chi connectivity index (χ1v) is 9.92. The molecule has 0 bridgehead atoms. The molecule has 0 fully saturated rings. The van der Waals surface area contributed by atoms with E-state index in [9.17, 15) is 9.59 Å². The van der Waals surface area contributed by atoms with E-state index < -0.39 is 0 Å². The van der Waals surface area contributed by atoms with Crippen LogP contribution in [0.4, 0.5) is 5.69 Å². The monoisotopic (exact) mass is 389 g/mol. The molecule has 1 N–H and O–H groups in total. The number of pyridine rings is 1. The number of carbonyl (C=O) groups excluding carboxylic acids is 2. The molecule has 2 aromatic heterocycles. The number of benzene rings is 1. The lowest BCUT2D eigenvalue weighted by Gasteiger charge is -2.28. The van der Waals surface area contributed by atoms with E-state index in [1.807, 2.05) is 46.7 Å². The van der Waals surface area contributed by atoms with Crippen LogP contribution in [0.5, 0.6) is 0 Å². The highest BCUT2D eigenvalue weighted by atomic mass is 32.1. The van der Waals surface area contributed by atoms with Crippen molar-refractivity contribution in [3.05, 3.63) is 87.9 Å². The molecule has 5 nitrogen and oxygen atoms in total. The summed E-state index contributed by atoms with van der Waals surface area (Å²) in [5, 5.41) is 4.87. The third kappa shape index (κ3) is 4.18. The summed E-state index contributed by atoms with van der Waals surface area (Å²) < 4.78 is 0. The first kappa shape index (κ1) is 18.1. The van der Waals surface area contributed by atoms with E-state index in [-0.39, 0.29) is 11.8 Å². The summed E-state index contributed by atoms with van der Waals surface area (Å²) in [6.07, 6.45) is 5.88. The average Bonchev–Trinajstić information content (AvgIpc) is 3.26. The molecule has 0 aliphatic carbocycles. The molecule has 1 aliphatic rings. The van der Waals surface area contributed by atoms with Crippen LogP contribution in [0.1, 0.15) is 26.5 Å². The second-order valence-corrected chi connectivity index (χ2v) is 7.49. The van der Waals surface area contributed by atoms with Crippen molar-refractivity contribution in [2.45, 2.75) is 13.0 Å². The van der Waals surface area contributed by atoms with Crippen LogP contribution < -0.4 is 5.32 Å². The van der Waals surface area contributed by atoms with Crippen LogP contribution in [0, 0.1) is 0 Å². The van der Waals surface area contributed by atoms with Crippen molar-refractivity contribution in [2.24, 2.45) is 0 Å². The Hall–Kier alpha value is -3.25. The topological polar surface area (TPSA) is 62.3 Å². The molecule has 140 valence electrons. The van der Waals surface area contributed by atoms with Crippen LogP contribution in [-0.4, -0.2) is 28.2 Å². The van der Waals surface area contributed by atoms with Gasteiger partial charge in [0.15, 0.2) is 0 Å². The predicted octanol–water partition coefficient (Wildman–Crippen LogP) is 3.99. The van der Waals surface area contributed by atoms with Gasteiger partial charge in [0.2, 0.25) is 5.91 Å². The van der Waals surface area contributed by atoms with Crippen molar-refractivity contribution in [3.63, 3.8) is 0 Å². The lowest BCUT2D eigenvalue weighted by atomic mass is 9.99. The van der Waals surface area contributed by atoms with E-state index in [0.29, 0.717) is 24.5 Å². The highest BCUT2D eigenvalue weighted by molar-refractivity contribution is 7.10. The maximum atomic E-state index is 12.5. The summed E-state index contributed by atoms with van der Waals surface area (Å²) in [6, 6.07) is 15.0. The molecule has 4 rings (SSSR count). The lowest BCUT2D eigenvalue weighted by Crippen LogP contribution is -2.34. The summed E-state index contributed by atoms with van der Waals surface area (Å²) in [7, 11) is 0. The van der Waals surface area contributed by atoms with Gasteiger partial charge in [0, 0.05) is 35.9 Å². The zero-order valence-electron chi connectivity index (χ0n) is 15.2. The van der Waals surface area contributed by atoms with E-state index in [2.05, 4.69) is 10.3 Å². The molecule has 28 heavy (non-hydrogen) atoms. The lowest BCUT2D eigenvalue weighted by molar-refractivity contribution is -0.126. The highest BCUT2D eigenvalue weighted by Gasteiger charge is 2.20. The average molecular weight is 389 g/mol. The second kappa shape index (κ2) is 8.19. The molecule has 3 aromatic rings. The third-order valence-corrected chi connectivity index (χ3v) is 5.46. The molecule has 0 saturated heterocycles. The maximum absolute atomic E-state index is 12.5. The molecular weight excluding hydrogens is 370 g/mol. The highest BCUT2D eigenvalue weighted by Crippen LogP contribution is 2.23. The van der Waals surface area contributed by atoms with Crippen molar-refractivity contribution >= 4 is 34.9 Å². The Balaban J connectivity index is 1.45. The molecule has 0 radical (unpaired) electrons. The number of rotatable bonds is 4. The zero-order chi connectivity index (χ0) is 19.3. The number of fused-ring (bicyclic) bond motifs is 1. The standard InChI is InChI=1S/C22H19N3O2S/c26-21(9-8-19-4-3-13-28-19)25-12-10-16-6-7-18(14-17(16)15-25)24-22(27)20-5-1-2-11-23-20/h1-9,11,13-14H,10,12,15H2,(H,24,27)/b9-8+. The van der Waals surface area contributed by atoms with Gasteiger partial charge >= 0.3 is 0 Å². The fraction of sp³-hybridized carbons (Fsp3) is 0.136. The van der Waals surface area contributed by atoms with Crippen molar-refractivity contribution in [2.75, 3.05) is 11.9 Å². The largest absolute Gasteiger partial charge is 0.334 e. The van der Waals surface area contributed by atoms with Crippen molar-refractivity contribution in [1.82, 2.24) is 9.88 Å². The Bertz CT molecular complexity index is 1010. The first-order valence-electron chi connectivity index (χ1n) is 9.04. The number of hydrogen-bond donors (Lipinski definition) is 1. The minimum absolute atomic E-state index is 0.00183. The first-order chi connectivity index (χ1) is 13.7. The van der Waals surface area contributed by atoms with Crippen molar-refractivity contribution in [1.29, 1.82) is 0 Å². The van der Waals surface area contributed by atoms with Gasteiger partial charge in [-0.1, -0.05) is 18.2 Å². The van der Waals surface area contributed by atoms with Crippen molar-refractivity contribution in [3.8, 4) is 0 Å². The van der Waals surface area contributed by atoms with E-state index in [0.717, 1.165) is 16.9 Å². The van der Waals surface area contributed by atoms with Gasteiger partial charge in [0.1, 0.15) is 5.69 Å². The molecule has 0 atom stereocenters. The van der Waals surface area contributed by atoms with E-state index in [4.69, 9.17) is 0 Å². The number of nitrogens with one attached hydrogen (secondary N) is 1. The Morgan fingerprint density at radius 2 is 2.04 bits per heavy atom. The maximum Gasteiger partial charge on any atom is 0.274 e. The number of aromatic nitrogens is 1. The SMILES string of the molecule is O=C(Nc1ccc2c(c1)CN(C(=O)/C=C/c1cccs1)CC2)c1ccccn1. The molecule has 3 heterocycles. The smallest absolute Gasteiger partial charge is 0.274 e. The van der Waals surface area contributed by atoms with Crippen LogP contribution in [0.3, 0.4) is 0 Å². The van der Waals surface area contributed by atoms with Crippen LogP contribution in [0.25, 0.3) is 6.08 Å². The van der Waals surface area contributed by atoms with E-state index in [1.165, 1.54) is 5.56 Å². The number of anilines is 1. The molecule has 6 heteroatoms. The fourth-order valence-electron chi connectivity index (χ4n) is 3.16. The molecule has 0 spiro atoms. The predicted molar refractivity (Wildman–Crippen MR) is 111 cm³/mol. The number of hydrogen-bond acceptors (Lipinski definition) is 4. The third-order valence-electron chi connectivity index (χ3n) is 4.62. The van der Waals surface area contributed by atoms with Gasteiger partial charge in [0.25, 0.3) is 5.91 Å². The summed E-state index contributed by atoms with van der Waals surface area (Å²) in [5.41, 5.74) is 3.35. The van der Waals surface area contributed by atoms with Gasteiger partial charge in [-0.25, -0.2) is 0 Å². The summed E-state index contributed by atoms with van der Waals surface area (Å²) in [5.74, 6) is -0.245. The summed E-state index contributed by atoms with van der Waals surface area (Å²) >= 11 is 1.60. The van der Waals surface area contributed by atoms with Crippen LogP contribution in [0.2, 0.25) is 0 Å². The van der Waals surface area contributed by atoms with E-state index in [1.54, 1.807) is 41.8 Å². The van der Waals surface area contributed by atoms with Crippen LogP contribution >= 0.6 is 11.3 Å². The van der Waals surface area contributed by atoms with Gasteiger partial charge in [0.05, 0.1) is 0 Å². The molecule has 1 aliphatic heterocycles. The number of amides is 2. The number of nitrogens with zero attached hydrogens (tertiary/aromatic N) is 2. The zero-order valence-corrected chi connectivity index (χ0v) is 16.0. The van der Waals surface area contributed by atoms with Gasteiger partial charge in [-0.05, 0) is 59.3 Å². The van der Waals surface area contributed by atoms with Gasteiger partial charge in [-0.15, -0.1) is 11.3 Å². The number of thiophene rings is 1. The quantitative estimate of drug-likeness (QED) is 0.686. The Morgan fingerprint density at radius 1 is 1.11 bits per heavy atom. The van der Waals surface area contributed by atoms with Crippen molar-refractivity contribution < 1.29 is 9.59 Å². The fourth-order valence-corrected chi connectivity index (χ4v) is 3.78. The summed E-state index contributed by atoms with van der Waals surface area (Å²) in [4.78, 5) is 31.8. The Kier molecular flexibility index (Phi) is 5.30. The molecule has 2 amide bonds.